The van der Waals surface area contributed by atoms with Gasteiger partial charge in [-0.25, -0.2) is 4.98 Å². The largest absolute Gasteiger partial charge is 0.450 e. The number of imidazole rings is 1. The van der Waals surface area contributed by atoms with Crippen LogP contribution in [0.3, 0.4) is 0 Å². The van der Waals surface area contributed by atoms with Crippen LogP contribution in [-0.2, 0) is 13.2 Å². The minimum absolute atomic E-state index is 0.0175. The van der Waals surface area contributed by atoms with Crippen LogP contribution in [0, 0.1) is 0 Å². The zero-order chi connectivity index (χ0) is 18.5. The summed E-state index contributed by atoms with van der Waals surface area (Å²) in [5, 5.41) is 3.53. The first-order valence-electron chi connectivity index (χ1n) is 7.61. The van der Waals surface area contributed by atoms with Gasteiger partial charge in [0.15, 0.2) is 5.69 Å². The highest BCUT2D eigenvalue weighted by Crippen LogP contribution is 2.30. The molecule has 0 spiro atoms. The van der Waals surface area contributed by atoms with Crippen molar-refractivity contribution in [1.82, 2.24) is 18.9 Å². The first-order chi connectivity index (χ1) is 12.4. The molecule has 0 aliphatic carbocycles. The van der Waals surface area contributed by atoms with E-state index in [1.54, 1.807) is 17.7 Å². The van der Waals surface area contributed by atoms with E-state index in [0.717, 1.165) is 21.5 Å². The molecule has 1 aromatic carbocycles. The molecule has 26 heavy (non-hydrogen) atoms. The Kier molecular flexibility index (Phi) is 3.46. The molecule has 0 aliphatic heterocycles. The molecule has 3 aromatic heterocycles. The molecule has 0 atom stereocenters. The number of anilines is 1. The molecule has 0 aliphatic rings. The number of aromatic nitrogens is 4. The third kappa shape index (κ3) is 2.48. The minimum atomic E-state index is -4.69. The Labute approximate surface area is 144 Å². The topological polar surface area (TPSA) is 64.2 Å². The maximum Gasteiger partial charge on any atom is 0.450 e. The lowest BCUT2D eigenvalue weighted by atomic mass is 10.2. The Balaban J connectivity index is 1.78. The van der Waals surface area contributed by atoms with Gasteiger partial charge in [-0.2, -0.15) is 13.2 Å². The molecule has 0 unspecified atom stereocenters. The highest BCUT2D eigenvalue weighted by atomic mass is 19.4. The van der Waals surface area contributed by atoms with E-state index in [2.05, 4.69) is 15.3 Å². The van der Waals surface area contributed by atoms with Crippen LogP contribution in [0.2, 0.25) is 0 Å². The fraction of sp³-hybridized carbons (Fsp3) is 0.118. The number of para-hydroxylation sites is 1. The van der Waals surface area contributed by atoms with Crippen molar-refractivity contribution in [2.45, 2.75) is 6.18 Å². The van der Waals surface area contributed by atoms with E-state index in [0.29, 0.717) is 5.82 Å². The van der Waals surface area contributed by atoms with E-state index >= 15 is 0 Å². The molecule has 6 nitrogen and oxygen atoms in total. The lowest BCUT2D eigenvalue weighted by molar-refractivity contribution is -0.145. The standard InChI is InChI=1S/C17H12F3N5O/c1-24-11-5-3-2-4-10(11)8-13(24)22-15(26)14-12-9-21-6-7-25(12)16(23-14)17(18,19)20/h2-9H,1H3,(H,22,26). The first-order valence-corrected chi connectivity index (χ1v) is 7.61. The van der Waals surface area contributed by atoms with Crippen molar-refractivity contribution in [2.24, 2.45) is 7.05 Å². The third-order valence-electron chi connectivity index (χ3n) is 4.11. The number of carbonyl (C=O) groups is 1. The monoisotopic (exact) mass is 359 g/mol. The smallest absolute Gasteiger partial charge is 0.330 e. The van der Waals surface area contributed by atoms with E-state index in [1.165, 1.54) is 12.4 Å². The summed E-state index contributed by atoms with van der Waals surface area (Å²) in [6, 6.07) is 9.22. The Morgan fingerprint density at radius 1 is 1.19 bits per heavy atom. The highest BCUT2D eigenvalue weighted by molar-refractivity contribution is 6.08. The van der Waals surface area contributed by atoms with E-state index in [-0.39, 0.29) is 11.2 Å². The van der Waals surface area contributed by atoms with Gasteiger partial charge < -0.3 is 9.88 Å². The van der Waals surface area contributed by atoms with Crippen LogP contribution in [-0.4, -0.2) is 24.8 Å². The molecule has 4 aromatic rings. The maximum absolute atomic E-state index is 13.2. The Morgan fingerprint density at radius 2 is 1.96 bits per heavy atom. The molecule has 4 rings (SSSR count). The summed E-state index contributed by atoms with van der Waals surface area (Å²) in [5.74, 6) is -1.45. The number of fused-ring (bicyclic) bond motifs is 2. The van der Waals surface area contributed by atoms with Crippen molar-refractivity contribution in [1.29, 1.82) is 0 Å². The van der Waals surface area contributed by atoms with Crippen molar-refractivity contribution in [3.8, 4) is 0 Å². The molecule has 0 saturated heterocycles. The van der Waals surface area contributed by atoms with Crippen molar-refractivity contribution in [3.05, 3.63) is 60.4 Å². The summed E-state index contributed by atoms with van der Waals surface area (Å²) in [6.07, 6.45) is -1.19. The Hall–Kier alpha value is -3.36. The van der Waals surface area contributed by atoms with Gasteiger partial charge in [-0.3, -0.25) is 14.2 Å². The number of hydrogen-bond acceptors (Lipinski definition) is 3. The number of benzene rings is 1. The van der Waals surface area contributed by atoms with E-state index < -0.39 is 17.9 Å². The molecule has 1 N–H and O–H groups in total. The number of halogens is 3. The minimum Gasteiger partial charge on any atom is -0.330 e. The summed E-state index contributed by atoms with van der Waals surface area (Å²) in [4.78, 5) is 19.9. The van der Waals surface area contributed by atoms with Crippen LogP contribution in [0.25, 0.3) is 16.4 Å². The molecule has 0 bridgehead atoms. The number of nitrogens with zero attached hydrogens (tertiary/aromatic N) is 4. The molecule has 0 radical (unpaired) electrons. The summed E-state index contributed by atoms with van der Waals surface area (Å²) in [5.41, 5.74) is 0.530. The zero-order valence-corrected chi connectivity index (χ0v) is 13.4. The summed E-state index contributed by atoms with van der Waals surface area (Å²) >= 11 is 0. The van der Waals surface area contributed by atoms with Crippen LogP contribution in [0.1, 0.15) is 16.3 Å². The van der Waals surface area contributed by atoms with E-state index in [9.17, 15) is 18.0 Å². The normalized spacial score (nSPS) is 12.0. The fourth-order valence-electron chi connectivity index (χ4n) is 2.89. The Bertz CT molecular complexity index is 1140. The second-order valence-electron chi connectivity index (χ2n) is 5.71. The number of hydrogen-bond donors (Lipinski definition) is 1. The van der Waals surface area contributed by atoms with Crippen molar-refractivity contribution in [2.75, 3.05) is 5.32 Å². The number of amides is 1. The average molecular weight is 359 g/mol. The molecule has 1 amide bonds. The van der Waals surface area contributed by atoms with Crippen molar-refractivity contribution >= 4 is 28.1 Å². The van der Waals surface area contributed by atoms with Crippen LogP contribution < -0.4 is 5.32 Å². The number of rotatable bonds is 2. The van der Waals surface area contributed by atoms with Gasteiger partial charge in [-0.05, 0) is 12.1 Å². The predicted molar refractivity (Wildman–Crippen MR) is 88.9 cm³/mol. The van der Waals surface area contributed by atoms with Gasteiger partial charge in [0.1, 0.15) is 5.82 Å². The summed E-state index contributed by atoms with van der Waals surface area (Å²) < 4.78 is 42.1. The average Bonchev–Trinajstić information content (AvgIpc) is 3.14. The summed E-state index contributed by atoms with van der Waals surface area (Å²) in [7, 11) is 1.76. The van der Waals surface area contributed by atoms with Crippen molar-refractivity contribution < 1.29 is 18.0 Å². The third-order valence-corrected chi connectivity index (χ3v) is 4.11. The number of alkyl halides is 3. The van der Waals surface area contributed by atoms with Gasteiger partial charge in [0, 0.05) is 30.3 Å². The Morgan fingerprint density at radius 3 is 2.69 bits per heavy atom. The molecule has 132 valence electrons. The van der Waals surface area contributed by atoms with Gasteiger partial charge in [0.05, 0.1) is 11.7 Å². The summed E-state index contributed by atoms with van der Waals surface area (Å²) in [6.45, 7) is 0. The second-order valence-corrected chi connectivity index (χ2v) is 5.71. The van der Waals surface area contributed by atoms with Gasteiger partial charge >= 0.3 is 6.18 Å². The SMILES string of the molecule is Cn1c(NC(=O)c2nc(C(F)(F)F)n3ccncc23)cc2ccccc21. The molecule has 0 fully saturated rings. The molecule has 0 saturated carbocycles. The van der Waals surface area contributed by atoms with E-state index in [4.69, 9.17) is 0 Å². The van der Waals surface area contributed by atoms with E-state index in [1.807, 2.05) is 24.3 Å². The van der Waals surface area contributed by atoms with Crippen molar-refractivity contribution in [3.63, 3.8) is 0 Å². The van der Waals surface area contributed by atoms with Crippen LogP contribution in [0.15, 0.2) is 48.9 Å². The number of carbonyl (C=O) groups excluding carboxylic acids is 1. The van der Waals surface area contributed by atoms with Gasteiger partial charge in [0.25, 0.3) is 5.91 Å². The van der Waals surface area contributed by atoms with Crippen LogP contribution in [0.5, 0.6) is 0 Å². The van der Waals surface area contributed by atoms with Gasteiger partial charge in [-0.1, -0.05) is 18.2 Å². The molecule has 9 heteroatoms. The lowest BCUT2D eigenvalue weighted by Crippen LogP contribution is -2.15. The zero-order valence-electron chi connectivity index (χ0n) is 13.4. The first kappa shape index (κ1) is 16.1. The van der Waals surface area contributed by atoms with Gasteiger partial charge in [0.2, 0.25) is 5.82 Å². The lowest BCUT2D eigenvalue weighted by Gasteiger charge is -2.05. The number of nitrogens with one attached hydrogen (secondary N) is 1. The quantitative estimate of drug-likeness (QED) is 0.596. The predicted octanol–water partition coefficient (Wildman–Crippen LogP) is 3.49. The highest BCUT2D eigenvalue weighted by Gasteiger charge is 2.38. The maximum atomic E-state index is 13.2. The van der Waals surface area contributed by atoms with Crippen LogP contribution in [0.4, 0.5) is 19.0 Å². The number of aryl methyl sites for hydroxylation is 1. The molecule has 3 heterocycles. The molecular weight excluding hydrogens is 347 g/mol. The van der Waals surface area contributed by atoms with Crippen LogP contribution >= 0.6 is 0 Å². The second kappa shape index (κ2) is 5.58. The molecular formula is C17H12F3N5O. The fourth-order valence-corrected chi connectivity index (χ4v) is 2.89. The van der Waals surface area contributed by atoms with Gasteiger partial charge in [-0.15, -0.1) is 0 Å².